The van der Waals surface area contributed by atoms with Gasteiger partial charge in [-0.15, -0.1) is 0 Å². The molecule has 1 amide bonds. The number of carbonyl (C=O) groups is 1. The van der Waals surface area contributed by atoms with Gasteiger partial charge in [0.15, 0.2) is 0 Å². The Kier molecular flexibility index (Phi) is 3.42. The van der Waals surface area contributed by atoms with Gasteiger partial charge in [-0.05, 0) is 43.2 Å². The van der Waals surface area contributed by atoms with Crippen molar-refractivity contribution in [3.63, 3.8) is 0 Å². The maximum atomic E-state index is 12.4. The molecule has 0 aromatic heterocycles. The Bertz CT molecular complexity index is 454. The minimum absolute atomic E-state index is 0.238. The molecule has 1 aliphatic carbocycles. The van der Waals surface area contributed by atoms with E-state index < -0.39 is 0 Å². The van der Waals surface area contributed by atoms with Gasteiger partial charge in [-0.2, -0.15) is 0 Å². The molecule has 1 heterocycles. The van der Waals surface area contributed by atoms with Crippen molar-refractivity contribution in [1.29, 1.82) is 0 Å². The Morgan fingerprint density at radius 1 is 1.17 bits per heavy atom. The first-order valence-electron chi connectivity index (χ1n) is 6.80. The second-order valence-electron chi connectivity index (χ2n) is 5.36. The summed E-state index contributed by atoms with van der Waals surface area (Å²) >= 11 is 3.58. The number of carbonyl (C=O) groups excluding carboxylic acids is 1. The number of hydrogen-bond acceptors (Lipinski definition) is 1. The van der Waals surface area contributed by atoms with Crippen molar-refractivity contribution < 1.29 is 4.79 Å². The molecule has 18 heavy (non-hydrogen) atoms. The summed E-state index contributed by atoms with van der Waals surface area (Å²) in [6.07, 6.45) is 4.66. The maximum Gasteiger partial charge on any atom is 0.226 e. The molecule has 1 aliphatic heterocycles. The van der Waals surface area contributed by atoms with E-state index in [0.717, 1.165) is 24.0 Å². The molecule has 0 spiro atoms. The van der Waals surface area contributed by atoms with Gasteiger partial charge in [0.25, 0.3) is 0 Å². The van der Waals surface area contributed by atoms with Crippen LogP contribution in [-0.4, -0.2) is 23.9 Å². The Labute approximate surface area is 116 Å². The molecular formula is C15H18BrNO. The lowest BCUT2D eigenvalue weighted by molar-refractivity contribution is -0.133. The van der Waals surface area contributed by atoms with Crippen LogP contribution < -0.4 is 0 Å². The van der Waals surface area contributed by atoms with Crippen LogP contribution >= 0.6 is 15.9 Å². The van der Waals surface area contributed by atoms with Gasteiger partial charge in [0.1, 0.15) is 0 Å². The van der Waals surface area contributed by atoms with Crippen molar-refractivity contribution >= 4 is 21.8 Å². The summed E-state index contributed by atoms with van der Waals surface area (Å²) < 4.78 is 1.14. The Morgan fingerprint density at radius 2 is 1.89 bits per heavy atom. The molecule has 1 aromatic rings. The number of likely N-dealkylation sites (tertiary alicyclic amines) is 1. The average Bonchev–Trinajstić information content (AvgIpc) is 3.20. The van der Waals surface area contributed by atoms with Crippen LogP contribution in [0.5, 0.6) is 0 Å². The van der Waals surface area contributed by atoms with Gasteiger partial charge >= 0.3 is 0 Å². The standard InChI is InChI=1S/C15H18BrNO/c16-14-7-3-2-6-11(14)12-10-13(12)15(18)17-8-4-1-5-9-17/h2-3,6-7,12-13H,1,4-5,8-10H2/t12-,13+/m1/s1. The van der Waals surface area contributed by atoms with E-state index in [0.29, 0.717) is 11.8 Å². The number of rotatable bonds is 2. The second-order valence-corrected chi connectivity index (χ2v) is 6.21. The molecule has 0 radical (unpaired) electrons. The van der Waals surface area contributed by atoms with Crippen LogP contribution in [0.15, 0.2) is 28.7 Å². The van der Waals surface area contributed by atoms with Crippen LogP contribution in [0, 0.1) is 5.92 Å². The monoisotopic (exact) mass is 307 g/mol. The molecule has 1 saturated carbocycles. The van der Waals surface area contributed by atoms with E-state index in [1.54, 1.807) is 0 Å². The first kappa shape index (κ1) is 12.2. The van der Waals surface area contributed by atoms with Gasteiger partial charge in [0, 0.05) is 23.5 Å². The van der Waals surface area contributed by atoms with E-state index in [-0.39, 0.29) is 5.92 Å². The number of benzene rings is 1. The first-order chi connectivity index (χ1) is 8.77. The van der Waals surface area contributed by atoms with Gasteiger partial charge in [0.05, 0.1) is 0 Å². The summed E-state index contributed by atoms with van der Waals surface area (Å²) in [5.41, 5.74) is 1.30. The van der Waals surface area contributed by atoms with Gasteiger partial charge in [0.2, 0.25) is 5.91 Å². The summed E-state index contributed by atoms with van der Waals surface area (Å²) in [6, 6.07) is 8.28. The minimum atomic E-state index is 0.238. The van der Waals surface area contributed by atoms with E-state index in [2.05, 4.69) is 39.0 Å². The number of halogens is 1. The fourth-order valence-electron chi connectivity index (χ4n) is 2.94. The number of hydrogen-bond donors (Lipinski definition) is 0. The summed E-state index contributed by atoms with van der Waals surface area (Å²) in [6.45, 7) is 1.94. The third-order valence-corrected chi connectivity index (χ3v) is 4.80. The molecule has 3 heteroatoms. The van der Waals surface area contributed by atoms with Crippen LogP contribution in [0.3, 0.4) is 0 Å². The van der Waals surface area contributed by atoms with Gasteiger partial charge in [-0.1, -0.05) is 34.1 Å². The highest BCUT2D eigenvalue weighted by atomic mass is 79.9. The van der Waals surface area contributed by atoms with E-state index in [9.17, 15) is 4.79 Å². The molecular weight excluding hydrogens is 290 g/mol. The van der Waals surface area contributed by atoms with Crippen LogP contribution in [0.4, 0.5) is 0 Å². The fraction of sp³-hybridized carbons (Fsp3) is 0.533. The highest BCUT2D eigenvalue weighted by Crippen LogP contribution is 2.50. The summed E-state index contributed by atoms with van der Waals surface area (Å²) in [4.78, 5) is 14.4. The van der Waals surface area contributed by atoms with Crippen molar-refractivity contribution in [1.82, 2.24) is 4.90 Å². The van der Waals surface area contributed by atoms with Crippen LogP contribution in [0.25, 0.3) is 0 Å². The Morgan fingerprint density at radius 3 is 2.61 bits per heavy atom. The van der Waals surface area contributed by atoms with E-state index in [4.69, 9.17) is 0 Å². The maximum absolute atomic E-state index is 12.4. The zero-order chi connectivity index (χ0) is 12.5. The van der Waals surface area contributed by atoms with Gasteiger partial charge in [-0.25, -0.2) is 0 Å². The number of amides is 1. The average molecular weight is 308 g/mol. The molecule has 0 N–H and O–H groups in total. The zero-order valence-electron chi connectivity index (χ0n) is 10.4. The fourth-order valence-corrected chi connectivity index (χ4v) is 3.52. The SMILES string of the molecule is O=C([C@H]1C[C@@H]1c1ccccc1Br)N1CCCCC1. The lowest BCUT2D eigenvalue weighted by atomic mass is 10.1. The highest BCUT2D eigenvalue weighted by Gasteiger charge is 2.46. The quantitative estimate of drug-likeness (QED) is 0.818. The van der Waals surface area contributed by atoms with Crippen molar-refractivity contribution in [2.24, 2.45) is 5.92 Å². The van der Waals surface area contributed by atoms with Gasteiger partial charge < -0.3 is 4.90 Å². The van der Waals surface area contributed by atoms with E-state index in [1.807, 2.05) is 6.07 Å². The van der Waals surface area contributed by atoms with E-state index in [1.165, 1.54) is 24.8 Å². The summed E-state index contributed by atoms with van der Waals surface area (Å²) in [5.74, 6) is 1.06. The Balaban J connectivity index is 1.67. The molecule has 0 unspecified atom stereocenters. The summed E-state index contributed by atoms with van der Waals surface area (Å²) in [7, 11) is 0. The predicted molar refractivity (Wildman–Crippen MR) is 75.4 cm³/mol. The van der Waals surface area contributed by atoms with Crippen LogP contribution in [0.1, 0.15) is 37.2 Å². The predicted octanol–water partition coefficient (Wildman–Crippen LogP) is 3.57. The second kappa shape index (κ2) is 5.04. The minimum Gasteiger partial charge on any atom is -0.342 e. The third-order valence-electron chi connectivity index (χ3n) is 4.08. The molecule has 2 atom stereocenters. The normalized spacial score (nSPS) is 27.1. The summed E-state index contributed by atoms with van der Waals surface area (Å²) in [5, 5.41) is 0. The number of piperidine rings is 1. The topological polar surface area (TPSA) is 20.3 Å². The molecule has 2 nitrogen and oxygen atoms in total. The Hall–Kier alpha value is -0.830. The van der Waals surface area contributed by atoms with Crippen molar-refractivity contribution in [3.8, 4) is 0 Å². The first-order valence-corrected chi connectivity index (χ1v) is 7.60. The molecule has 96 valence electrons. The molecule has 1 saturated heterocycles. The zero-order valence-corrected chi connectivity index (χ0v) is 12.0. The molecule has 3 rings (SSSR count). The molecule has 2 aliphatic rings. The van der Waals surface area contributed by atoms with Crippen molar-refractivity contribution in [2.45, 2.75) is 31.6 Å². The highest BCUT2D eigenvalue weighted by molar-refractivity contribution is 9.10. The third kappa shape index (κ3) is 2.33. The lowest BCUT2D eigenvalue weighted by Crippen LogP contribution is -2.36. The molecule has 1 aromatic carbocycles. The largest absolute Gasteiger partial charge is 0.342 e. The lowest BCUT2D eigenvalue weighted by Gasteiger charge is -2.27. The van der Waals surface area contributed by atoms with Crippen LogP contribution in [-0.2, 0) is 4.79 Å². The smallest absolute Gasteiger partial charge is 0.226 e. The van der Waals surface area contributed by atoms with Crippen LogP contribution in [0.2, 0.25) is 0 Å². The van der Waals surface area contributed by atoms with Crippen molar-refractivity contribution in [2.75, 3.05) is 13.1 Å². The molecule has 2 fully saturated rings. The van der Waals surface area contributed by atoms with Gasteiger partial charge in [-0.3, -0.25) is 4.79 Å². The molecule has 0 bridgehead atoms. The van der Waals surface area contributed by atoms with E-state index >= 15 is 0 Å². The number of nitrogens with zero attached hydrogens (tertiary/aromatic N) is 1. The van der Waals surface area contributed by atoms with Crippen molar-refractivity contribution in [3.05, 3.63) is 34.3 Å².